The Labute approximate surface area is 238 Å². The van der Waals surface area contributed by atoms with Gasteiger partial charge in [0.2, 0.25) is 0 Å². The summed E-state index contributed by atoms with van der Waals surface area (Å²) in [6.45, 7) is 7.21. The molecule has 4 heterocycles. The Morgan fingerprint density at radius 3 is 2.64 bits per heavy atom. The van der Waals surface area contributed by atoms with Crippen molar-refractivity contribution in [3.05, 3.63) is 53.9 Å². The van der Waals surface area contributed by atoms with Crippen molar-refractivity contribution in [2.75, 3.05) is 53.0 Å². The zero-order chi connectivity index (χ0) is 25.0. The third-order valence-electron chi connectivity index (χ3n) is 6.58. The molecule has 11 nitrogen and oxygen atoms in total. The van der Waals surface area contributed by atoms with E-state index in [1.54, 1.807) is 7.11 Å². The lowest BCUT2D eigenvalue weighted by Crippen LogP contribution is -2.38. The van der Waals surface area contributed by atoms with Crippen LogP contribution in [0.3, 0.4) is 0 Å². The van der Waals surface area contributed by atoms with E-state index < -0.39 is 0 Å². The van der Waals surface area contributed by atoms with Crippen molar-refractivity contribution >= 4 is 41.7 Å². The molecule has 0 bridgehead atoms. The third-order valence-corrected chi connectivity index (χ3v) is 6.58. The summed E-state index contributed by atoms with van der Waals surface area (Å²) in [6.07, 6.45) is 1.93. The van der Waals surface area contributed by atoms with Gasteiger partial charge in [-0.2, -0.15) is 0 Å². The van der Waals surface area contributed by atoms with Crippen molar-refractivity contribution < 1.29 is 14.2 Å². The summed E-state index contributed by atoms with van der Waals surface area (Å²) in [6, 6.07) is 11.9. The highest BCUT2D eigenvalue weighted by Gasteiger charge is 2.14. The van der Waals surface area contributed by atoms with Crippen molar-refractivity contribution in [1.29, 1.82) is 0 Å². The van der Waals surface area contributed by atoms with Gasteiger partial charge in [-0.25, -0.2) is 4.98 Å². The highest BCUT2D eigenvalue weighted by atomic mass is 35.5. The number of nitrogens with one attached hydrogen (secondary N) is 2. The van der Waals surface area contributed by atoms with Gasteiger partial charge < -0.3 is 24.5 Å². The molecule has 0 radical (unpaired) electrons. The smallest absolute Gasteiger partial charge is 0.161 e. The second-order valence-corrected chi connectivity index (χ2v) is 9.06. The van der Waals surface area contributed by atoms with Crippen LogP contribution in [0.1, 0.15) is 11.3 Å². The minimum Gasteiger partial charge on any atom is -0.493 e. The number of aromatic amines is 1. The van der Waals surface area contributed by atoms with Crippen LogP contribution in [-0.4, -0.2) is 88.7 Å². The van der Waals surface area contributed by atoms with Crippen LogP contribution in [0.4, 0.5) is 0 Å². The number of aliphatic imine (C=N–C) groups is 1. The fourth-order valence-corrected chi connectivity index (χ4v) is 4.55. The number of ether oxygens (including phenoxy) is 3. The SMILES string of the molecule is COc1cc(-c2nc3ccc(C4=NCCN4)cc3[nH]2)ccc1OCc1cn(CCN2CCOCC2)nn1.Cl.Cl. The van der Waals surface area contributed by atoms with E-state index in [2.05, 4.69) is 36.6 Å². The largest absolute Gasteiger partial charge is 0.493 e. The molecule has 0 atom stereocenters. The van der Waals surface area contributed by atoms with Crippen LogP contribution in [0.5, 0.6) is 11.5 Å². The fraction of sp³-hybridized carbons (Fsp3) is 0.385. The van der Waals surface area contributed by atoms with E-state index in [-0.39, 0.29) is 24.8 Å². The first-order valence-corrected chi connectivity index (χ1v) is 12.5. The topological polar surface area (TPSA) is 115 Å². The molecule has 2 aromatic carbocycles. The van der Waals surface area contributed by atoms with Gasteiger partial charge in [-0.05, 0) is 36.4 Å². The number of nitrogens with zero attached hydrogens (tertiary/aromatic N) is 6. The van der Waals surface area contributed by atoms with Crippen LogP contribution in [-0.2, 0) is 17.9 Å². The van der Waals surface area contributed by atoms with E-state index in [1.807, 2.05) is 41.2 Å². The highest BCUT2D eigenvalue weighted by Crippen LogP contribution is 2.33. The Hall–Kier alpha value is -3.38. The minimum atomic E-state index is 0. The van der Waals surface area contributed by atoms with Gasteiger partial charge in [-0.3, -0.25) is 14.6 Å². The lowest BCUT2D eigenvalue weighted by molar-refractivity contribution is 0.0359. The molecule has 2 aromatic heterocycles. The quantitative estimate of drug-likeness (QED) is 0.313. The predicted molar refractivity (Wildman–Crippen MR) is 154 cm³/mol. The van der Waals surface area contributed by atoms with E-state index in [0.29, 0.717) is 18.1 Å². The van der Waals surface area contributed by atoms with Crippen LogP contribution < -0.4 is 14.8 Å². The molecular formula is C26H32Cl2N8O3. The van der Waals surface area contributed by atoms with E-state index in [4.69, 9.17) is 19.2 Å². The zero-order valence-corrected chi connectivity index (χ0v) is 23.3. The normalized spacial score (nSPS) is 15.3. The standard InChI is InChI=1S/C26H30N8O3.2ClH/c1-35-24-15-19(26-29-21-4-2-18(14-22(21)30-26)25-27-6-7-28-25)3-5-23(24)37-17-20-16-34(32-31-20)9-8-33-10-12-36-13-11-33;;/h2-5,14-16H,6-13,17H2,1H3,(H,27,28)(H,29,30);2*1H. The maximum Gasteiger partial charge on any atom is 0.161 e. The molecule has 13 heteroatoms. The van der Waals surface area contributed by atoms with Gasteiger partial charge in [0, 0.05) is 37.3 Å². The summed E-state index contributed by atoms with van der Waals surface area (Å²) < 4.78 is 18.9. The molecule has 0 unspecified atom stereocenters. The van der Waals surface area contributed by atoms with Crippen molar-refractivity contribution in [2.24, 2.45) is 4.99 Å². The molecule has 4 aromatic rings. The van der Waals surface area contributed by atoms with Gasteiger partial charge in [0.15, 0.2) is 11.5 Å². The van der Waals surface area contributed by atoms with Crippen LogP contribution in [0.25, 0.3) is 22.4 Å². The van der Waals surface area contributed by atoms with Crippen molar-refractivity contribution in [3.63, 3.8) is 0 Å². The molecule has 6 rings (SSSR count). The minimum absolute atomic E-state index is 0. The summed E-state index contributed by atoms with van der Waals surface area (Å²) in [5, 5.41) is 11.8. The number of imidazole rings is 1. The van der Waals surface area contributed by atoms with Crippen LogP contribution in [0.15, 0.2) is 47.6 Å². The molecule has 208 valence electrons. The number of morpholine rings is 1. The van der Waals surface area contributed by atoms with Gasteiger partial charge >= 0.3 is 0 Å². The lowest BCUT2D eigenvalue weighted by Gasteiger charge is -2.26. The summed E-state index contributed by atoms with van der Waals surface area (Å²) in [7, 11) is 1.63. The molecule has 39 heavy (non-hydrogen) atoms. The first kappa shape index (κ1) is 28.6. The molecular weight excluding hydrogens is 543 g/mol. The van der Waals surface area contributed by atoms with Crippen LogP contribution in [0, 0.1) is 0 Å². The molecule has 0 spiro atoms. The third kappa shape index (κ3) is 6.62. The first-order chi connectivity index (χ1) is 18.2. The molecule has 2 aliphatic heterocycles. The lowest BCUT2D eigenvalue weighted by atomic mass is 10.2. The van der Waals surface area contributed by atoms with Gasteiger partial charge in [0.05, 0.1) is 50.6 Å². The molecule has 1 saturated heterocycles. The monoisotopic (exact) mass is 574 g/mol. The number of amidine groups is 1. The molecule has 0 aliphatic carbocycles. The number of methoxy groups -OCH3 is 1. The van der Waals surface area contributed by atoms with E-state index in [1.165, 1.54) is 0 Å². The average Bonchev–Trinajstić information content (AvgIpc) is 3.72. The summed E-state index contributed by atoms with van der Waals surface area (Å²) in [5.74, 6) is 2.96. The summed E-state index contributed by atoms with van der Waals surface area (Å²) >= 11 is 0. The van der Waals surface area contributed by atoms with E-state index in [9.17, 15) is 0 Å². The van der Waals surface area contributed by atoms with Gasteiger partial charge in [-0.15, -0.1) is 29.9 Å². The van der Waals surface area contributed by atoms with Crippen molar-refractivity contribution in [1.82, 2.24) is 35.2 Å². The Bertz CT molecular complexity index is 1420. The van der Waals surface area contributed by atoms with Gasteiger partial charge in [0.1, 0.15) is 24.0 Å². The van der Waals surface area contributed by atoms with E-state index in [0.717, 1.165) is 92.0 Å². The highest BCUT2D eigenvalue weighted by molar-refractivity contribution is 6.02. The number of hydrogen-bond donors (Lipinski definition) is 2. The Balaban J connectivity index is 0.00000176. The summed E-state index contributed by atoms with van der Waals surface area (Å²) in [4.78, 5) is 15.1. The Morgan fingerprint density at radius 1 is 1.00 bits per heavy atom. The van der Waals surface area contributed by atoms with Crippen LogP contribution >= 0.6 is 24.8 Å². The number of rotatable bonds is 9. The maximum absolute atomic E-state index is 6.03. The Kier molecular flexibility index (Phi) is 9.63. The number of H-pyrrole nitrogens is 1. The molecule has 1 fully saturated rings. The average molecular weight is 576 g/mol. The first-order valence-electron chi connectivity index (χ1n) is 12.5. The van der Waals surface area contributed by atoms with Gasteiger partial charge in [0.25, 0.3) is 0 Å². The number of aromatic nitrogens is 5. The Morgan fingerprint density at radius 2 is 1.85 bits per heavy atom. The molecule has 0 saturated carbocycles. The van der Waals surface area contributed by atoms with Crippen LogP contribution in [0.2, 0.25) is 0 Å². The predicted octanol–water partition coefficient (Wildman–Crippen LogP) is 2.93. The molecule has 2 N–H and O–H groups in total. The second-order valence-electron chi connectivity index (χ2n) is 9.06. The second kappa shape index (κ2) is 13.1. The van der Waals surface area contributed by atoms with Gasteiger partial charge in [-0.1, -0.05) is 5.21 Å². The maximum atomic E-state index is 6.03. The number of benzene rings is 2. The molecule has 0 amide bonds. The number of halogens is 2. The number of hydrogen-bond acceptors (Lipinski definition) is 9. The zero-order valence-electron chi connectivity index (χ0n) is 21.6. The summed E-state index contributed by atoms with van der Waals surface area (Å²) in [5.41, 5.74) is 4.59. The number of fused-ring (bicyclic) bond motifs is 1. The molecule has 2 aliphatic rings. The van der Waals surface area contributed by atoms with Crippen molar-refractivity contribution in [3.8, 4) is 22.9 Å². The fourth-order valence-electron chi connectivity index (χ4n) is 4.55. The van der Waals surface area contributed by atoms with Crippen molar-refractivity contribution in [2.45, 2.75) is 13.2 Å². The van der Waals surface area contributed by atoms with E-state index >= 15 is 0 Å².